The summed E-state index contributed by atoms with van der Waals surface area (Å²) in [4.78, 5) is 13.8. The molecule has 0 spiro atoms. The van der Waals surface area contributed by atoms with Crippen molar-refractivity contribution in [2.45, 2.75) is 44.7 Å². The monoisotopic (exact) mass is 227 g/mol. The van der Waals surface area contributed by atoms with Crippen molar-refractivity contribution < 1.29 is 4.79 Å². The van der Waals surface area contributed by atoms with Gasteiger partial charge in [-0.25, -0.2) is 0 Å². The summed E-state index contributed by atoms with van der Waals surface area (Å²) in [6.07, 6.45) is 2.75. The number of carbonyl (C=O) groups is 1. The molecule has 0 aliphatic heterocycles. The highest BCUT2D eigenvalue weighted by molar-refractivity contribution is 5.88. The number of amides is 1. The van der Waals surface area contributed by atoms with Gasteiger partial charge in [0.1, 0.15) is 0 Å². The molecule has 1 aliphatic carbocycles. The molecular formula is C12H25N3O. The van der Waals surface area contributed by atoms with Crippen LogP contribution in [0.3, 0.4) is 0 Å². The van der Waals surface area contributed by atoms with Crippen molar-refractivity contribution >= 4 is 5.91 Å². The molecule has 1 unspecified atom stereocenters. The molecule has 1 rings (SSSR count). The predicted octanol–water partition coefficient (Wildman–Crippen LogP) is 0.570. The van der Waals surface area contributed by atoms with Gasteiger partial charge in [-0.3, -0.25) is 4.79 Å². The molecule has 0 aromatic heterocycles. The van der Waals surface area contributed by atoms with E-state index >= 15 is 0 Å². The van der Waals surface area contributed by atoms with Crippen molar-refractivity contribution in [2.24, 2.45) is 11.7 Å². The number of hydrogen-bond acceptors (Lipinski definition) is 3. The molecule has 3 N–H and O–H groups in total. The number of rotatable bonds is 6. The van der Waals surface area contributed by atoms with Gasteiger partial charge in [-0.1, -0.05) is 13.8 Å². The summed E-state index contributed by atoms with van der Waals surface area (Å²) in [6, 6.07) is 0.395. The molecule has 4 heteroatoms. The van der Waals surface area contributed by atoms with Crippen molar-refractivity contribution in [1.29, 1.82) is 0 Å². The number of nitrogens with two attached hydrogens (primary N) is 1. The zero-order chi connectivity index (χ0) is 12.3. The number of nitrogens with zero attached hydrogens (tertiary/aromatic N) is 1. The fourth-order valence-corrected chi connectivity index (χ4v) is 1.77. The first-order chi connectivity index (χ1) is 7.35. The van der Waals surface area contributed by atoms with Gasteiger partial charge < -0.3 is 16.0 Å². The van der Waals surface area contributed by atoms with Crippen molar-refractivity contribution in [3.05, 3.63) is 0 Å². The number of carbonyl (C=O) groups excluding carboxylic acids is 1. The van der Waals surface area contributed by atoms with E-state index < -0.39 is 5.54 Å². The molecular weight excluding hydrogens is 202 g/mol. The Bertz CT molecular complexity index is 247. The summed E-state index contributed by atoms with van der Waals surface area (Å²) < 4.78 is 0. The van der Waals surface area contributed by atoms with Crippen LogP contribution in [-0.4, -0.2) is 43.0 Å². The van der Waals surface area contributed by atoms with Crippen molar-refractivity contribution in [3.63, 3.8) is 0 Å². The Labute approximate surface area is 98.6 Å². The van der Waals surface area contributed by atoms with Gasteiger partial charge in [0.25, 0.3) is 0 Å². The van der Waals surface area contributed by atoms with Crippen molar-refractivity contribution in [1.82, 2.24) is 10.2 Å². The molecule has 1 aliphatic rings. The topological polar surface area (TPSA) is 58.4 Å². The van der Waals surface area contributed by atoms with E-state index in [1.165, 1.54) is 0 Å². The molecule has 94 valence electrons. The third kappa shape index (κ3) is 3.76. The first kappa shape index (κ1) is 13.5. The Kier molecular flexibility index (Phi) is 4.33. The van der Waals surface area contributed by atoms with E-state index in [1.807, 2.05) is 0 Å². The molecule has 16 heavy (non-hydrogen) atoms. The molecule has 0 bridgehead atoms. The van der Waals surface area contributed by atoms with Crippen LogP contribution >= 0.6 is 0 Å². The van der Waals surface area contributed by atoms with Crippen molar-refractivity contribution in [2.75, 3.05) is 20.6 Å². The lowest BCUT2D eigenvalue weighted by atomic mass is 10.0. The molecule has 1 atom stereocenters. The minimum absolute atomic E-state index is 0.0168. The Morgan fingerprint density at radius 1 is 1.44 bits per heavy atom. The highest BCUT2D eigenvalue weighted by Crippen LogP contribution is 2.32. The minimum atomic E-state index is -0.547. The van der Waals surface area contributed by atoms with Gasteiger partial charge >= 0.3 is 0 Å². The number of hydrogen-bond donors (Lipinski definition) is 2. The second-order valence-corrected chi connectivity index (χ2v) is 5.61. The van der Waals surface area contributed by atoms with Gasteiger partial charge in [0, 0.05) is 12.6 Å². The van der Waals surface area contributed by atoms with Crippen LogP contribution in [0.4, 0.5) is 0 Å². The van der Waals surface area contributed by atoms with Crippen molar-refractivity contribution in [3.8, 4) is 0 Å². The Balaban J connectivity index is 2.34. The van der Waals surface area contributed by atoms with E-state index in [2.05, 4.69) is 38.2 Å². The third-order valence-electron chi connectivity index (χ3n) is 3.21. The molecule has 1 fully saturated rings. The summed E-state index contributed by atoms with van der Waals surface area (Å²) in [5, 5.41) is 2.97. The summed E-state index contributed by atoms with van der Waals surface area (Å²) in [7, 11) is 4.10. The maximum absolute atomic E-state index is 11.7. The number of likely N-dealkylation sites (N-methyl/N-ethyl adjacent to an activating group) is 1. The van der Waals surface area contributed by atoms with Crippen LogP contribution in [0.2, 0.25) is 0 Å². The predicted molar refractivity (Wildman–Crippen MR) is 66.1 cm³/mol. The lowest BCUT2D eigenvalue weighted by Crippen LogP contribution is -2.48. The maximum atomic E-state index is 11.7. The molecule has 0 heterocycles. The smallest absolute Gasteiger partial charge is 0.240 e. The van der Waals surface area contributed by atoms with Gasteiger partial charge in [-0.2, -0.15) is 0 Å². The molecule has 0 aromatic carbocycles. The van der Waals surface area contributed by atoms with E-state index in [0.717, 1.165) is 19.3 Å². The van der Waals surface area contributed by atoms with E-state index in [1.54, 1.807) is 0 Å². The van der Waals surface area contributed by atoms with Crippen LogP contribution < -0.4 is 11.1 Å². The molecule has 0 radical (unpaired) electrons. The SMILES string of the molecule is CC(C)CC(CNC(=O)C1(N)CC1)N(C)C. The average molecular weight is 227 g/mol. The lowest BCUT2D eigenvalue weighted by molar-refractivity contribution is -0.123. The Morgan fingerprint density at radius 2 is 2.00 bits per heavy atom. The van der Waals surface area contributed by atoms with Gasteiger partial charge in [0.15, 0.2) is 0 Å². The standard InChI is InChI=1S/C12H25N3O/c1-9(2)7-10(15(3)4)8-14-11(16)12(13)5-6-12/h9-10H,5-8,13H2,1-4H3,(H,14,16). The largest absolute Gasteiger partial charge is 0.353 e. The summed E-state index contributed by atoms with van der Waals surface area (Å²) >= 11 is 0. The highest BCUT2D eigenvalue weighted by Gasteiger charge is 2.45. The van der Waals surface area contributed by atoms with E-state index in [-0.39, 0.29) is 5.91 Å². The van der Waals surface area contributed by atoms with Crippen LogP contribution in [0, 0.1) is 5.92 Å². The van der Waals surface area contributed by atoms with Crippen LogP contribution in [-0.2, 0) is 4.79 Å². The van der Waals surface area contributed by atoms with Gasteiger partial charge in [-0.15, -0.1) is 0 Å². The Morgan fingerprint density at radius 3 is 2.38 bits per heavy atom. The Hall–Kier alpha value is -0.610. The second-order valence-electron chi connectivity index (χ2n) is 5.61. The van der Waals surface area contributed by atoms with E-state index in [0.29, 0.717) is 18.5 Å². The number of nitrogens with one attached hydrogen (secondary N) is 1. The van der Waals surface area contributed by atoms with Crippen LogP contribution in [0.15, 0.2) is 0 Å². The molecule has 1 amide bonds. The lowest BCUT2D eigenvalue weighted by Gasteiger charge is -2.26. The first-order valence-corrected chi connectivity index (χ1v) is 6.09. The first-order valence-electron chi connectivity index (χ1n) is 6.09. The van der Waals surface area contributed by atoms with Crippen LogP contribution in [0.1, 0.15) is 33.1 Å². The van der Waals surface area contributed by atoms with Gasteiger partial charge in [0.05, 0.1) is 5.54 Å². The quantitative estimate of drug-likeness (QED) is 0.697. The van der Waals surface area contributed by atoms with E-state index in [4.69, 9.17) is 5.73 Å². The zero-order valence-corrected chi connectivity index (χ0v) is 10.9. The summed E-state index contributed by atoms with van der Waals surface area (Å²) in [5.74, 6) is 0.653. The molecule has 0 aromatic rings. The highest BCUT2D eigenvalue weighted by atomic mass is 16.2. The fraction of sp³-hybridized carbons (Fsp3) is 0.917. The fourth-order valence-electron chi connectivity index (χ4n) is 1.77. The van der Waals surface area contributed by atoms with Gasteiger partial charge in [-0.05, 0) is 39.3 Å². The zero-order valence-electron chi connectivity index (χ0n) is 10.9. The summed E-state index contributed by atoms with van der Waals surface area (Å²) in [6.45, 7) is 5.09. The third-order valence-corrected chi connectivity index (χ3v) is 3.21. The minimum Gasteiger partial charge on any atom is -0.353 e. The molecule has 4 nitrogen and oxygen atoms in total. The molecule has 1 saturated carbocycles. The normalized spacial score (nSPS) is 19.9. The maximum Gasteiger partial charge on any atom is 0.240 e. The van der Waals surface area contributed by atoms with Crippen LogP contribution in [0.5, 0.6) is 0 Å². The second kappa shape index (κ2) is 5.15. The average Bonchev–Trinajstić information content (AvgIpc) is 2.90. The molecule has 0 saturated heterocycles. The van der Waals surface area contributed by atoms with Gasteiger partial charge in [0.2, 0.25) is 5.91 Å². The van der Waals surface area contributed by atoms with E-state index in [9.17, 15) is 4.79 Å². The van der Waals surface area contributed by atoms with Crippen LogP contribution in [0.25, 0.3) is 0 Å². The summed E-state index contributed by atoms with van der Waals surface area (Å²) in [5.41, 5.74) is 5.28.